The van der Waals surface area contributed by atoms with Crippen molar-refractivity contribution < 1.29 is 4.79 Å². The molecule has 29 heavy (non-hydrogen) atoms. The maximum absolute atomic E-state index is 12.5. The molecule has 1 fully saturated rings. The van der Waals surface area contributed by atoms with E-state index >= 15 is 0 Å². The molecule has 3 aromatic rings. The number of anilines is 1. The molecule has 0 atom stereocenters. The summed E-state index contributed by atoms with van der Waals surface area (Å²) < 4.78 is 1.79. The minimum absolute atomic E-state index is 0.176. The van der Waals surface area contributed by atoms with Crippen LogP contribution in [0.3, 0.4) is 0 Å². The van der Waals surface area contributed by atoms with E-state index in [1.807, 2.05) is 7.05 Å². The molecular formula is C22H24N6O. The molecule has 2 N–H and O–H groups in total. The Kier molecular flexibility index (Phi) is 5.45. The van der Waals surface area contributed by atoms with E-state index in [4.69, 9.17) is 0 Å². The Labute approximate surface area is 170 Å². The highest BCUT2D eigenvalue weighted by Gasteiger charge is 2.13. The third kappa shape index (κ3) is 4.08. The number of hydrogen-bond acceptors (Lipinski definition) is 5. The van der Waals surface area contributed by atoms with Gasteiger partial charge in [-0.1, -0.05) is 12.1 Å². The molecular weight excluding hydrogens is 364 g/mol. The van der Waals surface area contributed by atoms with Gasteiger partial charge in [-0.15, -0.1) is 0 Å². The lowest BCUT2D eigenvalue weighted by molar-refractivity contribution is 0.0954. The van der Waals surface area contributed by atoms with E-state index in [1.54, 1.807) is 23.0 Å². The highest BCUT2D eigenvalue weighted by atomic mass is 16.1. The first kappa shape index (κ1) is 19.0. The number of benzene rings is 1. The molecule has 1 amide bonds. The van der Waals surface area contributed by atoms with Crippen LogP contribution in [0, 0.1) is 11.3 Å². The second-order valence-corrected chi connectivity index (χ2v) is 7.27. The number of amides is 1. The fraction of sp³-hybridized carbons (Fsp3) is 0.318. The molecule has 3 heterocycles. The predicted octanol–water partition coefficient (Wildman–Crippen LogP) is 1.83. The second-order valence-electron chi connectivity index (χ2n) is 7.27. The van der Waals surface area contributed by atoms with Gasteiger partial charge in [0.2, 0.25) is 0 Å². The SMILES string of the molecule is Cn1cc(C#N)c2cc(C(=O)NCCc3ccc(N4CCNCC4)cc3)cnc21. The van der Waals surface area contributed by atoms with Crippen LogP contribution >= 0.6 is 0 Å². The van der Waals surface area contributed by atoms with Gasteiger partial charge in [-0.3, -0.25) is 4.79 Å². The van der Waals surface area contributed by atoms with Crippen LogP contribution in [-0.4, -0.2) is 48.2 Å². The topological polar surface area (TPSA) is 86.0 Å². The van der Waals surface area contributed by atoms with Crippen LogP contribution in [0.4, 0.5) is 5.69 Å². The molecule has 4 rings (SSSR count). The van der Waals surface area contributed by atoms with Gasteiger partial charge < -0.3 is 20.1 Å². The number of pyridine rings is 1. The van der Waals surface area contributed by atoms with Gasteiger partial charge in [0.1, 0.15) is 11.7 Å². The lowest BCUT2D eigenvalue weighted by Crippen LogP contribution is -2.43. The molecule has 1 aliphatic rings. The fourth-order valence-corrected chi connectivity index (χ4v) is 3.69. The van der Waals surface area contributed by atoms with Crippen LogP contribution in [0.5, 0.6) is 0 Å². The van der Waals surface area contributed by atoms with Gasteiger partial charge in [0.05, 0.1) is 11.1 Å². The minimum Gasteiger partial charge on any atom is -0.369 e. The highest BCUT2D eigenvalue weighted by molar-refractivity contribution is 5.98. The molecule has 0 spiro atoms. The highest BCUT2D eigenvalue weighted by Crippen LogP contribution is 2.19. The van der Waals surface area contributed by atoms with E-state index < -0.39 is 0 Å². The van der Waals surface area contributed by atoms with Gasteiger partial charge in [-0.2, -0.15) is 5.26 Å². The summed E-state index contributed by atoms with van der Waals surface area (Å²) in [4.78, 5) is 19.2. The van der Waals surface area contributed by atoms with Crippen molar-refractivity contribution in [2.75, 3.05) is 37.6 Å². The molecule has 7 nitrogen and oxygen atoms in total. The van der Waals surface area contributed by atoms with Crippen molar-refractivity contribution in [2.45, 2.75) is 6.42 Å². The van der Waals surface area contributed by atoms with Crippen molar-refractivity contribution >= 4 is 22.6 Å². The Morgan fingerprint density at radius 2 is 2.03 bits per heavy atom. The first-order valence-corrected chi connectivity index (χ1v) is 9.83. The van der Waals surface area contributed by atoms with Crippen molar-refractivity contribution in [3.05, 3.63) is 59.4 Å². The predicted molar refractivity (Wildman–Crippen MR) is 113 cm³/mol. The Morgan fingerprint density at radius 1 is 1.28 bits per heavy atom. The monoisotopic (exact) mass is 388 g/mol. The third-order valence-electron chi connectivity index (χ3n) is 5.31. The van der Waals surface area contributed by atoms with Crippen molar-refractivity contribution in [2.24, 2.45) is 7.05 Å². The first-order valence-electron chi connectivity index (χ1n) is 9.83. The molecule has 0 radical (unpaired) electrons. The largest absolute Gasteiger partial charge is 0.369 e. The fourth-order valence-electron chi connectivity index (χ4n) is 3.69. The summed E-state index contributed by atoms with van der Waals surface area (Å²) in [7, 11) is 1.84. The van der Waals surface area contributed by atoms with Crippen molar-refractivity contribution in [1.29, 1.82) is 5.26 Å². The molecule has 1 saturated heterocycles. The Morgan fingerprint density at radius 3 is 2.76 bits per heavy atom. The zero-order valence-electron chi connectivity index (χ0n) is 16.5. The van der Waals surface area contributed by atoms with Gasteiger partial charge >= 0.3 is 0 Å². The molecule has 2 aromatic heterocycles. The van der Waals surface area contributed by atoms with E-state index in [0.29, 0.717) is 28.7 Å². The molecule has 148 valence electrons. The molecule has 0 bridgehead atoms. The molecule has 0 aliphatic carbocycles. The van der Waals surface area contributed by atoms with Crippen LogP contribution in [0.25, 0.3) is 11.0 Å². The van der Waals surface area contributed by atoms with Gasteiger partial charge in [-0.25, -0.2) is 4.98 Å². The average Bonchev–Trinajstić information content (AvgIpc) is 3.10. The van der Waals surface area contributed by atoms with E-state index in [9.17, 15) is 10.1 Å². The Hall–Kier alpha value is -3.37. The quantitative estimate of drug-likeness (QED) is 0.696. The molecule has 0 saturated carbocycles. The Bertz CT molecular complexity index is 1060. The summed E-state index contributed by atoms with van der Waals surface area (Å²) >= 11 is 0. The smallest absolute Gasteiger partial charge is 0.252 e. The number of nitrogens with zero attached hydrogens (tertiary/aromatic N) is 4. The summed E-state index contributed by atoms with van der Waals surface area (Å²) in [5, 5.41) is 16.3. The number of aryl methyl sites for hydroxylation is 1. The van der Waals surface area contributed by atoms with E-state index in [-0.39, 0.29) is 5.91 Å². The number of hydrogen-bond donors (Lipinski definition) is 2. The number of nitriles is 1. The third-order valence-corrected chi connectivity index (χ3v) is 5.31. The zero-order chi connectivity index (χ0) is 20.2. The van der Waals surface area contributed by atoms with Crippen LogP contribution in [0.15, 0.2) is 42.7 Å². The van der Waals surface area contributed by atoms with Crippen LogP contribution in [0.1, 0.15) is 21.5 Å². The molecule has 0 unspecified atom stereocenters. The number of carbonyl (C=O) groups excluding carboxylic acids is 1. The molecule has 1 aromatic carbocycles. The molecule has 1 aliphatic heterocycles. The average molecular weight is 388 g/mol. The number of aromatic nitrogens is 2. The number of carbonyl (C=O) groups is 1. The van der Waals surface area contributed by atoms with Gasteiger partial charge in [0.25, 0.3) is 5.91 Å². The minimum atomic E-state index is -0.176. The number of fused-ring (bicyclic) bond motifs is 1. The number of piperazine rings is 1. The van der Waals surface area contributed by atoms with Gasteiger partial charge in [0.15, 0.2) is 0 Å². The maximum Gasteiger partial charge on any atom is 0.252 e. The van der Waals surface area contributed by atoms with Gasteiger partial charge in [0, 0.05) is 63.2 Å². The van der Waals surface area contributed by atoms with Crippen molar-refractivity contribution in [1.82, 2.24) is 20.2 Å². The second kappa shape index (κ2) is 8.33. The van der Waals surface area contributed by atoms with E-state index in [0.717, 1.165) is 32.6 Å². The van der Waals surface area contributed by atoms with Crippen LogP contribution in [-0.2, 0) is 13.5 Å². The van der Waals surface area contributed by atoms with E-state index in [1.165, 1.54) is 11.3 Å². The van der Waals surface area contributed by atoms with Crippen LogP contribution in [0.2, 0.25) is 0 Å². The summed E-state index contributed by atoms with van der Waals surface area (Å²) in [6.07, 6.45) is 4.04. The van der Waals surface area contributed by atoms with Crippen molar-refractivity contribution in [3.63, 3.8) is 0 Å². The molecule has 7 heteroatoms. The lowest BCUT2D eigenvalue weighted by Gasteiger charge is -2.29. The summed E-state index contributed by atoms with van der Waals surface area (Å²) in [5.74, 6) is -0.176. The van der Waals surface area contributed by atoms with Gasteiger partial charge in [-0.05, 0) is 30.2 Å². The number of rotatable bonds is 5. The summed E-state index contributed by atoms with van der Waals surface area (Å²) in [6, 6.07) is 12.4. The number of nitrogens with one attached hydrogen (secondary N) is 2. The lowest BCUT2D eigenvalue weighted by atomic mass is 10.1. The maximum atomic E-state index is 12.5. The standard InChI is InChI=1S/C22H24N6O/c1-27-15-18(13-23)20-12-17(14-26-21(20)27)22(29)25-7-6-16-2-4-19(5-3-16)28-10-8-24-9-11-28/h2-5,12,14-15,24H,6-11H2,1H3,(H,25,29). The Balaban J connectivity index is 1.35. The first-order chi connectivity index (χ1) is 14.2. The van der Waals surface area contributed by atoms with Crippen LogP contribution < -0.4 is 15.5 Å². The normalized spacial score (nSPS) is 14.0. The van der Waals surface area contributed by atoms with Crippen molar-refractivity contribution in [3.8, 4) is 6.07 Å². The van der Waals surface area contributed by atoms with E-state index in [2.05, 4.69) is 50.9 Å². The summed E-state index contributed by atoms with van der Waals surface area (Å²) in [5.41, 5.74) is 4.12. The zero-order valence-corrected chi connectivity index (χ0v) is 16.5. The summed E-state index contributed by atoms with van der Waals surface area (Å²) in [6.45, 7) is 4.65.